The number of urea groups is 1. The maximum Gasteiger partial charge on any atom is 0.337 e. The molecule has 28 heavy (non-hydrogen) atoms. The monoisotopic (exact) mass is 405 g/mol. The van der Waals surface area contributed by atoms with Gasteiger partial charge in [0, 0.05) is 28.8 Å². The molecule has 1 aliphatic heterocycles. The molecule has 1 heterocycles. The highest BCUT2D eigenvalue weighted by Gasteiger charge is 2.31. The molecule has 0 saturated carbocycles. The Labute approximate surface area is 167 Å². The summed E-state index contributed by atoms with van der Waals surface area (Å²) < 4.78 is 25.8. The van der Waals surface area contributed by atoms with Crippen molar-refractivity contribution in [1.82, 2.24) is 10.3 Å². The van der Waals surface area contributed by atoms with Gasteiger partial charge in [-0.25, -0.2) is 14.2 Å². The van der Waals surface area contributed by atoms with Gasteiger partial charge in [-0.15, -0.1) is 0 Å². The van der Waals surface area contributed by atoms with Gasteiger partial charge >= 0.3 is 6.03 Å². The Balaban J connectivity index is 2.30. The number of fused-ring (bicyclic) bond motifs is 1. The van der Waals surface area contributed by atoms with Crippen LogP contribution in [0.1, 0.15) is 23.6 Å². The van der Waals surface area contributed by atoms with E-state index in [-0.39, 0.29) is 30.0 Å². The Morgan fingerprint density at radius 3 is 2.54 bits per heavy atom. The van der Waals surface area contributed by atoms with E-state index in [2.05, 4.69) is 10.4 Å². The number of hydrazone groups is 1. The van der Waals surface area contributed by atoms with Crippen LogP contribution in [0.3, 0.4) is 0 Å². The third-order valence-electron chi connectivity index (χ3n) is 4.63. The molecule has 148 valence electrons. The summed E-state index contributed by atoms with van der Waals surface area (Å²) in [6, 6.07) is 7.91. The van der Waals surface area contributed by atoms with Crippen LogP contribution in [0.5, 0.6) is 11.5 Å². The van der Waals surface area contributed by atoms with E-state index in [0.29, 0.717) is 27.4 Å². The molecule has 2 aromatic carbocycles. The van der Waals surface area contributed by atoms with Gasteiger partial charge in [-0.05, 0) is 31.5 Å². The van der Waals surface area contributed by atoms with Gasteiger partial charge in [0.25, 0.3) is 0 Å². The first-order valence-corrected chi connectivity index (χ1v) is 9.08. The summed E-state index contributed by atoms with van der Waals surface area (Å²) in [5, 5.41) is 9.03. The second kappa shape index (κ2) is 8.06. The fraction of sp³-hybridized carbons (Fsp3) is 0.300. The van der Waals surface area contributed by atoms with Crippen LogP contribution in [0.15, 0.2) is 35.4 Å². The van der Waals surface area contributed by atoms with E-state index >= 15 is 4.39 Å². The quantitative estimate of drug-likeness (QED) is 0.844. The molecule has 3 rings (SSSR count). The molecule has 0 saturated heterocycles. The van der Waals surface area contributed by atoms with Crippen molar-refractivity contribution < 1.29 is 18.7 Å². The number of hydrogen-bond donors (Lipinski definition) is 1. The van der Waals surface area contributed by atoms with Gasteiger partial charge in [0.05, 0.1) is 26.0 Å². The molecule has 0 unspecified atom stereocenters. The predicted molar refractivity (Wildman–Crippen MR) is 106 cm³/mol. The molecule has 2 amide bonds. The molecule has 0 aromatic heterocycles. The van der Waals surface area contributed by atoms with Crippen molar-refractivity contribution in [3.63, 3.8) is 0 Å². The van der Waals surface area contributed by atoms with Gasteiger partial charge in [-0.1, -0.05) is 23.7 Å². The highest BCUT2D eigenvalue weighted by Crippen LogP contribution is 2.38. The number of carbonyl (C=O) groups is 1. The smallest absolute Gasteiger partial charge is 0.337 e. The number of nitrogens with one attached hydrogen (secondary N) is 1. The highest BCUT2D eigenvalue weighted by molar-refractivity contribution is 6.30. The van der Waals surface area contributed by atoms with Crippen molar-refractivity contribution in [2.75, 3.05) is 21.3 Å². The lowest BCUT2D eigenvalue weighted by Crippen LogP contribution is -2.41. The summed E-state index contributed by atoms with van der Waals surface area (Å²) in [4.78, 5) is 12.4. The number of ether oxygens (including phenoxy) is 2. The van der Waals surface area contributed by atoms with Crippen LogP contribution in [-0.2, 0) is 6.42 Å². The largest absolute Gasteiger partial charge is 0.493 e. The molecule has 6 nitrogen and oxygen atoms in total. The van der Waals surface area contributed by atoms with Crippen molar-refractivity contribution >= 4 is 23.3 Å². The normalized spacial score (nSPS) is 16.0. The van der Waals surface area contributed by atoms with E-state index < -0.39 is 5.82 Å². The minimum absolute atomic E-state index is 0.0253. The second-order valence-corrected chi connectivity index (χ2v) is 6.80. The van der Waals surface area contributed by atoms with E-state index in [4.69, 9.17) is 21.1 Å². The summed E-state index contributed by atoms with van der Waals surface area (Å²) in [6.07, 6.45) is 0.259. The maximum absolute atomic E-state index is 15.3. The van der Waals surface area contributed by atoms with Gasteiger partial charge < -0.3 is 14.8 Å². The van der Waals surface area contributed by atoms with E-state index in [9.17, 15) is 4.79 Å². The van der Waals surface area contributed by atoms with Crippen LogP contribution in [0, 0.1) is 5.82 Å². The summed E-state index contributed by atoms with van der Waals surface area (Å²) in [7, 11) is 4.36. The zero-order valence-electron chi connectivity index (χ0n) is 16.0. The fourth-order valence-corrected chi connectivity index (χ4v) is 3.35. The lowest BCUT2D eigenvalue weighted by Gasteiger charge is -2.22. The molecule has 1 aliphatic rings. The minimum atomic E-state index is -0.524. The Morgan fingerprint density at radius 2 is 1.96 bits per heavy atom. The van der Waals surface area contributed by atoms with Gasteiger partial charge in [0.15, 0.2) is 17.3 Å². The third-order valence-corrected chi connectivity index (χ3v) is 4.88. The van der Waals surface area contributed by atoms with Crippen molar-refractivity contribution in [3.8, 4) is 11.5 Å². The molecule has 0 radical (unpaired) electrons. The van der Waals surface area contributed by atoms with Gasteiger partial charge in [-0.2, -0.15) is 5.10 Å². The molecule has 0 bridgehead atoms. The number of hydrogen-bond acceptors (Lipinski definition) is 4. The fourth-order valence-electron chi connectivity index (χ4n) is 3.22. The standard InChI is InChI=1S/C20H21ClFN3O3/c1-11-9-14-15(10-16(27-3)19(28-4)17(14)22)18(24-25(11)20(26)23-2)12-5-7-13(21)8-6-12/h5-8,10-11H,9H2,1-4H3,(H,23,26)/t11-/m0/s1. The molecule has 0 aliphatic carbocycles. The molecule has 1 N–H and O–H groups in total. The Morgan fingerprint density at radius 1 is 1.29 bits per heavy atom. The topological polar surface area (TPSA) is 63.2 Å². The lowest BCUT2D eigenvalue weighted by molar-refractivity contribution is 0.184. The molecular weight excluding hydrogens is 385 g/mol. The number of nitrogens with zero attached hydrogens (tertiary/aromatic N) is 2. The first-order chi connectivity index (χ1) is 13.4. The number of rotatable bonds is 3. The average molecular weight is 406 g/mol. The molecule has 1 atom stereocenters. The van der Waals surface area contributed by atoms with E-state index in [0.717, 1.165) is 0 Å². The Hall–Kier alpha value is -2.80. The third kappa shape index (κ3) is 3.49. The zero-order chi connectivity index (χ0) is 20.4. The minimum Gasteiger partial charge on any atom is -0.493 e. The van der Waals surface area contributed by atoms with Crippen molar-refractivity contribution in [3.05, 3.63) is 57.9 Å². The zero-order valence-corrected chi connectivity index (χ0v) is 16.8. The molecule has 2 aromatic rings. The first kappa shape index (κ1) is 19.9. The van der Waals surface area contributed by atoms with Crippen LogP contribution in [0.4, 0.5) is 9.18 Å². The van der Waals surface area contributed by atoms with Crippen LogP contribution in [0.2, 0.25) is 5.02 Å². The lowest BCUT2D eigenvalue weighted by atomic mass is 9.93. The average Bonchev–Trinajstić information content (AvgIpc) is 2.84. The summed E-state index contributed by atoms with van der Waals surface area (Å²) in [5.74, 6) is -0.247. The molecule has 8 heteroatoms. The van der Waals surface area contributed by atoms with Gasteiger partial charge in [0.2, 0.25) is 0 Å². The predicted octanol–water partition coefficient (Wildman–Crippen LogP) is 3.83. The summed E-state index contributed by atoms with van der Waals surface area (Å²) in [5.41, 5.74) is 2.08. The van der Waals surface area contributed by atoms with Crippen LogP contribution < -0.4 is 14.8 Å². The van der Waals surface area contributed by atoms with Gasteiger partial charge in [0.1, 0.15) is 0 Å². The Bertz CT molecular complexity index is 931. The van der Waals surface area contributed by atoms with Gasteiger partial charge in [-0.3, -0.25) is 0 Å². The number of carbonyl (C=O) groups excluding carboxylic acids is 1. The molecular formula is C20H21ClFN3O3. The van der Waals surface area contributed by atoms with E-state index in [1.807, 2.05) is 6.92 Å². The number of amides is 2. The summed E-state index contributed by atoms with van der Waals surface area (Å²) in [6.45, 7) is 1.81. The highest BCUT2D eigenvalue weighted by atomic mass is 35.5. The number of halogens is 2. The Kier molecular flexibility index (Phi) is 5.74. The van der Waals surface area contributed by atoms with E-state index in [1.165, 1.54) is 26.3 Å². The van der Waals surface area contributed by atoms with Crippen molar-refractivity contribution in [2.24, 2.45) is 5.10 Å². The number of methoxy groups -OCH3 is 2. The SMILES string of the molecule is CNC(=O)N1N=C(c2ccc(Cl)cc2)c2cc(OC)c(OC)c(F)c2C[C@@H]1C. The van der Waals surface area contributed by atoms with Crippen LogP contribution in [-0.4, -0.2) is 44.1 Å². The molecule has 0 spiro atoms. The first-order valence-electron chi connectivity index (χ1n) is 8.70. The number of benzene rings is 2. The summed E-state index contributed by atoms with van der Waals surface area (Å²) >= 11 is 6.01. The maximum atomic E-state index is 15.3. The second-order valence-electron chi connectivity index (χ2n) is 6.36. The van der Waals surface area contributed by atoms with Crippen LogP contribution in [0.25, 0.3) is 0 Å². The molecule has 0 fully saturated rings. The van der Waals surface area contributed by atoms with Crippen molar-refractivity contribution in [2.45, 2.75) is 19.4 Å². The van der Waals surface area contributed by atoms with E-state index in [1.54, 1.807) is 30.3 Å². The van der Waals surface area contributed by atoms with Crippen molar-refractivity contribution in [1.29, 1.82) is 0 Å². The van der Waals surface area contributed by atoms with Crippen LogP contribution >= 0.6 is 11.6 Å².